The molecule has 0 aliphatic rings. The van der Waals surface area contributed by atoms with Crippen LogP contribution in [0.5, 0.6) is 17.2 Å². The van der Waals surface area contributed by atoms with Crippen molar-refractivity contribution >= 4 is 18.0 Å². The van der Waals surface area contributed by atoms with E-state index in [2.05, 4.69) is 4.74 Å². The maximum atomic E-state index is 12.7. The Morgan fingerprint density at radius 1 is 1.07 bits per heavy atom. The zero-order valence-corrected chi connectivity index (χ0v) is 16.0. The number of hydrogen-bond donors (Lipinski definition) is 0. The standard InChI is InChI=1S/C18H22F3NO6/c1-5-28-16(24)10-22(11-18(19,20)21)15(23)7-6-12-8-13(25-2)17(27-4)14(9-12)26-3/h6-9H,5,10-11H2,1-4H3/b7-6+. The van der Waals surface area contributed by atoms with Crippen molar-refractivity contribution < 1.29 is 41.7 Å². The molecule has 0 atom stereocenters. The number of amides is 1. The second-order valence-electron chi connectivity index (χ2n) is 5.41. The fraction of sp³-hybridized carbons (Fsp3) is 0.444. The van der Waals surface area contributed by atoms with Crippen molar-refractivity contribution in [3.05, 3.63) is 23.8 Å². The summed E-state index contributed by atoms with van der Waals surface area (Å²) in [6, 6.07) is 3.04. The molecule has 1 aromatic rings. The van der Waals surface area contributed by atoms with Crippen LogP contribution in [0.2, 0.25) is 0 Å². The zero-order chi connectivity index (χ0) is 21.3. The SMILES string of the molecule is CCOC(=O)CN(CC(F)(F)F)C(=O)/C=C/c1cc(OC)c(OC)c(OC)c1. The third kappa shape index (κ3) is 7.01. The van der Waals surface area contributed by atoms with Gasteiger partial charge in [0.1, 0.15) is 13.1 Å². The molecule has 0 aliphatic carbocycles. The minimum absolute atomic E-state index is 0.00580. The number of ether oxygens (including phenoxy) is 4. The van der Waals surface area contributed by atoms with Crippen LogP contribution in [0.1, 0.15) is 12.5 Å². The van der Waals surface area contributed by atoms with Gasteiger partial charge in [0.05, 0.1) is 27.9 Å². The van der Waals surface area contributed by atoms with Gasteiger partial charge in [-0.25, -0.2) is 0 Å². The molecule has 0 heterocycles. The number of carbonyl (C=O) groups is 2. The van der Waals surface area contributed by atoms with Crippen LogP contribution in [-0.4, -0.2) is 64.0 Å². The first-order valence-corrected chi connectivity index (χ1v) is 8.14. The molecule has 0 saturated heterocycles. The molecule has 10 heteroatoms. The van der Waals surface area contributed by atoms with Crippen molar-refractivity contribution in [2.75, 3.05) is 41.0 Å². The molecular formula is C18H22F3NO6. The fourth-order valence-electron chi connectivity index (χ4n) is 2.26. The van der Waals surface area contributed by atoms with Gasteiger partial charge in [0.2, 0.25) is 11.7 Å². The summed E-state index contributed by atoms with van der Waals surface area (Å²) in [5.41, 5.74) is 0.422. The normalized spacial score (nSPS) is 11.2. The molecule has 0 aromatic heterocycles. The molecular weight excluding hydrogens is 383 g/mol. The Labute approximate surface area is 160 Å². The van der Waals surface area contributed by atoms with Crippen LogP contribution >= 0.6 is 0 Å². The number of halogens is 3. The van der Waals surface area contributed by atoms with E-state index in [1.54, 1.807) is 0 Å². The van der Waals surface area contributed by atoms with Crippen molar-refractivity contribution in [2.24, 2.45) is 0 Å². The third-order valence-corrected chi connectivity index (χ3v) is 3.41. The molecule has 7 nitrogen and oxygen atoms in total. The number of hydrogen-bond acceptors (Lipinski definition) is 6. The second kappa shape index (κ2) is 10.4. The first-order valence-electron chi connectivity index (χ1n) is 8.14. The molecule has 28 heavy (non-hydrogen) atoms. The van der Waals surface area contributed by atoms with Gasteiger partial charge in [-0.05, 0) is 30.7 Å². The summed E-state index contributed by atoms with van der Waals surface area (Å²) in [5.74, 6) is -0.977. The number of benzene rings is 1. The predicted octanol–water partition coefficient (Wildman–Crippen LogP) is 2.68. The van der Waals surface area contributed by atoms with E-state index < -0.39 is 31.1 Å². The fourth-order valence-corrected chi connectivity index (χ4v) is 2.26. The monoisotopic (exact) mass is 405 g/mol. The number of methoxy groups -OCH3 is 3. The maximum absolute atomic E-state index is 12.7. The maximum Gasteiger partial charge on any atom is 0.406 e. The second-order valence-corrected chi connectivity index (χ2v) is 5.41. The molecule has 156 valence electrons. The van der Waals surface area contributed by atoms with E-state index in [-0.39, 0.29) is 6.61 Å². The van der Waals surface area contributed by atoms with Crippen LogP contribution in [0.4, 0.5) is 13.2 Å². The Morgan fingerprint density at radius 2 is 1.64 bits per heavy atom. The van der Waals surface area contributed by atoms with Gasteiger partial charge in [-0.3, -0.25) is 9.59 Å². The lowest BCUT2D eigenvalue weighted by molar-refractivity contribution is -0.164. The smallest absolute Gasteiger partial charge is 0.406 e. The Hall–Kier alpha value is -2.91. The van der Waals surface area contributed by atoms with Gasteiger partial charge in [0, 0.05) is 6.08 Å². The van der Waals surface area contributed by atoms with Crippen molar-refractivity contribution in [1.29, 1.82) is 0 Å². The zero-order valence-electron chi connectivity index (χ0n) is 16.0. The van der Waals surface area contributed by atoms with Crippen LogP contribution in [0.3, 0.4) is 0 Å². The summed E-state index contributed by atoms with van der Waals surface area (Å²) in [6.07, 6.45) is -2.46. The highest BCUT2D eigenvalue weighted by Crippen LogP contribution is 2.38. The van der Waals surface area contributed by atoms with E-state index in [1.807, 2.05) is 0 Å². The number of rotatable bonds is 9. The summed E-state index contributed by atoms with van der Waals surface area (Å²) in [4.78, 5) is 24.1. The number of esters is 1. The van der Waals surface area contributed by atoms with Crippen LogP contribution < -0.4 is 14.2 Å². The summed E-state index contributed by atoms with van der Waals surface area (Å²) in [7, 11) is 4.23. The largest absolute Gasteiger partial charge is 0.493 e. The lowest BCUT2D eigenvalue weighted by atomic mass is 10.1. The minimum Gasteiger partial charge on any atom is -0.493 e. The lowest BCUT2D eigenvalue weighted by Crippen LogP contribution is -2.41. The van der Waals surface area contributed by atoms with Crippen molar-refractivity contribution in [1.82, 2.24) is 4.90 Å². The Balaban J connectivity index is 3.08. The predicted molar refractivity (Wildman–Crippen MR) is 94.4 cm³/mol. The molecule has 0 spiro atoms. The third-order valence-electron chi connectivity index (χ3n) is 3.41. The Kier molecular flexibility index (Phi) is 8.62. The summed E-state index contributed by atoms with van der Waals surface area (Å²) < 4.78 is 58.3. The quantitative estimate of drug-likeness (QED) is 0.465. The minimum atomic E-state index is -4.66. The Morgan fingerprint density at radius 3 is 2.07 bits per heavy atom. The molecule has 0 radical (unpaired) electrons. The van der Waals surface area contributed by atoms with Crippen molar-refractivity contribution in [2.45, 2.75) is 13.1 Å². The Bertz CT molecular complexity index is 693. The highest BCUT2D eigenvalue weighted by atomic mass is 19.4. The molecule has 0 N–H and O–H groups in total. The van der Waals surface area contributed by atoms with Crippen molar-refractivity contribution in [3.63, 3.8) is 0 Å². The molecule has 0 saturated carbocycles. The molecule has 1 rings (SSSR count). The molecule has 1 amide bonds. The van der Waals surface area contributed by atoms with Crippen LogP contribution in [-0.2, 0) is 14.3 Å². The highest BCUT2D eigenvalue weighted by molar-refractivity contribution is 5.94. The van der Waals surface area contributed by atoms with Gasteiger partial charge >= 0.3 is 12.1 Å². The molecule has 0 bridgehead atoms. The lowest BCUT2D eigenvalue weighted by Gasteiger charge is -2.21. The van der Waals surface area contributed by atoms with E-state index in [0.29, 0.717) is 27.7 Å². The number of carbonyl (C=O) groups excluding carboxylic acids is 2. The van der Waals surface area contributed by atoms with Gasteiger partial charge in [-0.2, -0.15) is 13.2 Å². The first kappa shape index (κ1) is 23.1. The van der Waals surface area contributed by atoms with Gasteiger partial charge in [-0.15, -0.1) is 0 Å². The molecule has 1 aromatic carbocycles. The average Bonchev–Trinajstić information content (AvgIpc) is 2.63. The highest BCUT2D eigenvalue weighted by Gasteiger charge is 2.33. The summed E-state index contributed by atoms with van der Waals surface area (Å²) >= 11 is 0. The van der Waals surface area contributed by atoms with E-state index in [9.17, 15) is 22.8 Å². The van der Waals surface area contributed by atoms with E-state index in [4.69, 9.17) is 14.2 Å². The van der Waals surface area contributed by atoms with Crippen LogP contribution in [0.25, 0.3) is 6.08 Å². The van der Waals surface area contributed by atoms with E-state index in [1.165, 1.54) is 46.5 Å². The molecule has 0 unspecified atom stereocenters. The number of alkyl halides is 3. The van der Waals surface area contributed by atoms with E-state index in [0.717, 1.165) is 6.08 Å². The average molecular weight is 405 g/mol. The van der Waals surface area contributed by atoms with Gasteiger partial charge in [-0.1, -0.05) is 0 Å². The van der Waals surface area contributed by atoms with Crippen LogP contribution in [0, 0.1) is 0 Å². The molecule has 0 fully saturated rings. The summed E-state index contributed by atoms with van der Waals surface area (Å²) in [6.45, 7) is -0.887. The first-order chi connectivity index (χ1) is 13.1. The van der Waals surface area contributed by atoms with Gasteiger partial charge < -0.3 is 23.8 Å². The van der Waals surface area contributed by atoms with Gasteiger partial charge in [0.25, 0.3) is 0 Å². The topological polar surface area (TPSA) is 74.3 Å². The summed E-state index contributed by atoms with van der Waals surface area (Å²) in [5, 5.41) is 0. The van der Waals surface area contributed by atoms with Gasteiger partial charge in [0.15, 0.2) is 11.5 Å². The van der Waals surface area contributed by atoms with E-state index >= 15 is 0 Å². The van der Waals surface area contributed by atoms with Crippen molar-refractivity contribution in [3.8, 4) is 17.2 Å². The van der Waals surface area contributed by atoms with Crippen LogP contribution in [0.15, 0.2) is 18.2 Å². The molecule has 0 aliphatic heterocycles. The number of nitrogens with zero attached hydrogens (tertiary/aromatic N) is 1.